The highest BCUT2D eigenvalue weighted by Crippen LogP contribution is 2.27. The number of aromatic nitrogens is 2. The first-order valence-electron chi connectivity index (χ1n) is 6.97. The van der Waals surface area contributed by atoms with Crippen molar-refractivity contribution < 1.29 is 4.74 Å². The van der Waals surface area contributed by atoms with Gasteiger partial charge in [0.05, 0.1) is 0 Å². The lowest BCUT2D eigenvalue weighted by molar-refractivity contribution is 0.178. The molecular weight excluding hydrogens is 240 g/mol. The fraction of sp³-hybridized carbons (Fsp3) is 0.714. The Morgan fingerprint density at radius 3 is 2.63 bits per heavy atom. The van der Waals surface area contributed by atoms with Crippen molar-refractivity contribution in [1.82, 2.24) is 9.97 Å². The first-order chi connectivity index (χ1) is 9.10. The van der Waals surface area contributed by atoms with Crippen LogP contribution in [0.15, 0.2) is 6.07 Å². The number of hydrogen-bond acceptors (Lipinski definition) is 5. The van der Waals surface area contributed by atoms with Crippen LogP contribution in [0, 0.1) is 11.8 Å². The lowest BCUT2D eigenvalue weighted by atomic mass is 9.87. The van der Waals surface area contributed by atoms with Gasteiger partial charge in [-0.3, -0.25) is 0 Å². The molecule has 0 unspecified atom stereocenters. The minimum absolute atomic E-state index is 0.403. The third-order valence-corrected chi connectivity index (χ3v) is 3.86. The van der Waals surface area contributed by atoms with Gasteiger partial charge in [0.15, 0.2) is 5.82 Å². The van der Waals surface area contributed by atoms with Gasteiger partial charge in [0, 0.05) is 26.3 Å². The van der Waals surface area contributed by atoms with E-state index in [-0.39, 0.29) is 0 Å². The molecule has 1 fully saturated rings. The lowest BCUT2D eigenvalue weighted by Gasteiger charge is -2.34. The molecule has 0 aromatic carbocycles. The van der Waals surface area contributed by atoms with Crippen LogP contribution in [0.2, 0.25) is 0 Å². The number of anilines is 2. The maximum absolute atomic E-state index is 5.84. The average molecular weight is 264 g/mol. The van der Waals surface area contributed by atoms with Crippen molar-refractivity contribution in [3.05, 3.63) is 11.9 Å². The number of hydrogen-bond donors (Lipinski definition) is 1. The third-order valence-electron chi connectivity index (χ3n) is 3.86. The van der Waals surface area contributed by atoms with Crippen LogP contribution in [0.25, 0.3) is 0 Å². The molecule has 1 aliphatic heterocycles. The Labute approximate surface area is 115 Å². The van der Waals surface area contributed by atoms with Gasteiger partial charge in [0.25, 0.3) is 0 Å². The van der Waals surface area contributed by atoms with Crippen LogP contribution in [0.4, 0.5) is 11.6 Å². The van der Waals surface area contributed by atoms with E-state index in [9.17, 15) is 0 Å². The second kappa shape index (κ2) is 6.19. The summed E-state index contributed by atoms with van der Waals surface area (Å²) in [6.07, 6.45) is 2.45. The summed E-state index contributed by atoms with van der Waals surface area (Å²) in [6, 6.07) is 1.86. The largest absolute Gasteiger partial charge is 0.384 e. The quantitative estimate of drug-likeness (QED) is 0.902. The Bertz CT molecular complexity index is 414. The normalized spacial score (nSPS) is 17.2. The topological polar surface area (TPSA) is 64.3 Å². The highest BCUT2D eigenvalue weighted by atomic mass is 16.5. The van der Waals surface area contributed by atoms with Gasteiger partial charge < -0.3 is 15.4 Å². The number of ether oxygens (including phenoxy) is 1. The van der Waals surface area contributed by atoms with E-state index in [0.29, 0.717) is 18.2 Å². The maximum atomic E-state index is 5.84. The number of piperidine rings is 1. The molecule has 2 heterocycles. The van der Waals surface area contributed by atoms with Crippen LogP contribution in [-0.2, 0) is 11.3 Å². The number of rotatable bonds is 4. The third kappa shape index (κ3) is 3.56. The molecule has 0 saturated carbocycles. The van der Waals surface area contributed by atoms with Crippen LogP contribution in [0.5, 0.6) is 0 Å². The zero-order valence-corrected chi connectivity index (χ0v) is 12.1. The van der Waals surface area contributed by atoms with E-state index in [1.54, 1.807) is 7.11 Å². The van der Waals surface area contributed by atoms with Crippen molar-refractivity contribution in [3.63, 3.8) is 0 Å². The molecule has 1 saturated heterocycles. The van der Waals surface area contributed by atoms with Gasteiger partial charge in [-0.05, 0) is 24.7 Å². The zero-order valence-electron chi connectivity index (χ0n) is 12.1. The predicted molar refractivity (Wildman–Crippen MR) is 76.9 cm³/mol. The van der Waals surface area contributed by atoms with Crippen molar-refractivity contribution >= 4 is 11.6 Å². The van der Waals surface area contributed by atoms with Crippen LogP contribution < -0.4 is 10.6 Å². The van der Waals surface area contributed by atoms with Gasteiger partial charge in [-0.25, -0.2) is 9.97 Å². The minimum atomic E-state index is 0.403. The Morgan fingerprint density at radius 2 is 2.05 bits per heavy atom. The van der Waals surface area contributed by atoms with E-state index >= 15 is 0 Å². The summed E-state index contributed by atoms with van der Waals surface area (Å²) < 4.78 is 5.07. The lowest BCUT2D eigenvalue weighted by Crippen LogP contribution is -2.36. The summed E-state index contributed by atoms with van der Waals surface area (Å²) in [6.45, 7) is 7.11. The van der Waals surface area contributed by atoms with Crippen LogP contribution in [0.1, 0.15) is 32.5 Å². The number of nitrogens with zero attached hydrogens (tertiary/aromatic N) is 3. The Morgan fingerprint density at radius 1 is 1.37 bits per heavy atom. The number of nitrogens with two attached hydrogens (primary N) is 1. The van der Waals surface area contributed by atoms with Gasteiger partial charge >= 0.3 is 0 Å². The molecule has 0 bridgehead atoms. The summed E-state index contributed by atoms with van der Waals surface area (Å²) in [5.41, 5.74) is 5.84. The zero-order chi connectivity index (χ0) is 13.8. The Hall–Kier alpha value is -1.36. The second-order valence-electron chi connectivity index (χ2n) is 5.57. The second-order valence-corrected chi connectivity index (χ2v) is 5.57. The van der Waals surface area contributed by atoms with Gasteiger partial charge in [0.1, 0.15) is 18.2 Å². The molecule has 1 aliphatic rings. The van der Waals surface area contributed by atoms with Gasteiger partial charge in [-0.15, -0.1) is 0 Å². The first kappa shape index (κ1) is 14.1. The average Bonchev–Trinajstić information content (AvgIpc) is 2.38. The summed E-state index contributed by atoms with van der Waals surface area (Å²) in [4.78, 5) is 11.0. The van der Waals surface area contributed by atoms with Crippen molar-refractivity contribution in [2.24, 2.45) is 11.8 Å². The van der Waals surface area contributed by atoms with E-state index in [0.717, 1.165) is 30.7 Å². The van der Waals surface area contributed by atoms with Gasteiger partial charge in [-0.2, -0.15) is 0 Å². The molecule has 5 nitrogen and oxygen atoms in total. The smallest absolute Gasteiger partial charge is 0.158 e. The summed E-state index contributed by atoms with van der Waals surface area (Å²) in [5, 5.41) is 0. The van der Waals surface area contributed by atoms with Crippen LogP contribution in [0.3, 0.4) is 0 Å². The standard InChI is InChI=1S/C14H24N4O/c1-10(2)11-4-6-18(7-5-11)14-8-12(15)16-13(17-14)9-19-3/h8,10-11H,4-7,9H2,1-3H3,(H2,15,16,17). The highest BCUT2D eigenvalue weighted by molar-refractivity contribution is 5.47. The molecule has 1 aromatic heterocycles. The van der Waals surface area contributed by atoms with E-state index < -0.39 is 0 Å². The Balaban J connectivity index is 2.06. The number of methoxy groups -OCH3 is 1. The predicted octanol–water partition coefficient (Wildman–Crippen LogP) is 2.08. The van der Waals surface area contributed by atoms with Crippen molar-refractivity contribution in [3.8, 4) is 0 Å². The van der Waals surface area contributed by atoms with Crippen molar-refractivity contribution in [2.45, 2.75) is 33.3 Å². The minimum Gasteiger partial charge on any atom is -0.384 e. The molecule has 2 N–H and O–H groups in total. The Kier molecular flexibility index (Phi) is 4.58. The summed E-state index contributed by atoms with van der Waals surface area (Å²) >= 11 is 0. The molecule has 2 rings (SSSR count). The fourth-order valence-corrected chi connectivity index (χ4v) is 2.65. The van der Waals surface area contributed by atoms with E-state index in [1.807, 2.05) is 6.07 Å². The summed E-state index contributed by atoms with van der Waals surface area (Å²) in [7, 11) is 1.64. The molecule has 19 heavy (non-hydrogen) atoms. The molecule has 0 spiro atoms. The first-order valence-corrected chi connectivity index (χ1v) is 6.97. The summed E-state index contributed by atoms with van der Waals surface area (Å²) in [5.74, 6) is 3.70. The van der Waals surface area contributed by atoms with Gasteiger partial charge in [-0.1, -0.05) is 13.8 Å². The molecule has 0 aliphatic carbocycles. The monoisotopic (exact) mass is 264 g/mol. The molecule has 1 aromatic rings. The van der Waals surface area contributed by atoms with Crippen molar-refractivity contribution in [2.75, 3.05) is 30.8 Å². The van der Waals surface area contributed by atoms with Gasteiger partial charge in [0.2, 0.25) is 0 Å². The van der Waals surface area contributed by atoms with Crippen LogP contribution >= 0.6 is 0 Å². The SMILES string of the molecule is COCc1nc(N)cc(N2CCC(C(C)C)CC2)n1. The van der Waals surface area contributed by atoms with E-state index in [4.69, 9.17) is 10.5 Å². The molecule has 5 heteroatoms. The van der Waals surface area contributed by atoms with E-state index in [1.165, 1.54) is 12.8 Å². The maximum Gasteiger partial charge on any atom is 0.158 e. The van der Waals surface area contributed by atoms with Crippen LogP contribution in [-0.4, -0.2) is 30.2 Å². The number of nitrogen functional groups attached to an aromatic ring is 1. The van der Waals surface area contributed by atoms with Crippen molar-refractivity contribution in [1.29, 1.82) is 0 Å². The molecule has 0 atom stereocenters. The fourth-order valence-electron chi connectivity index (χ4n) is 2.65. The molecule has 0 amide bonds. The molecular formula is C14H24N4O. The molecule has 0 radical (unpaired) electrons. The highest BCUT2D eigenvalue weighted by Gasteiger charge is 2.22. The molecule has 106 valence electrons. The van der Waals surface area contributed by atoms with E-state index in [2.05, 4.69) is 28.7 Å².